The van der Waals surface area contributed by atoms with Crippen LogP contribution in [0.2, 0.25) is 5.02 Å². The Morgan fingerprint density at radius 2 is 1.87 bits per heavy atom. The molecule has 1 aromatic carbocycles. The average molecular weight is 344 g/mol. The number of nitrogens with one attached hydrogen (secondary N) is 1. The van der Waals surface area contributed by atoms with E-state index < -0.39 is 11.7 Å². The third-order valence-corrected chi connectivity index (χ3v) is 3.23. The van der Waals surface area contributed by atoms with Crippen LogP contribution in [0.5, 0.6) is 0 Å². The molecular weight excluding hydrogens is 331 g/mol. The highest BCUT2D eigenvalue weighted by atomic mass is 35.5. The Balaban J connectivity index is 1.96. The molecule has 0 aliphatic rings. The van der Waals surface area contributed by atoms with Crippen LogP contribution in [0.25, 0.3) is 0 Å². The van der Waals surface area contributed by atoms with E-state index in [1.807, 2.05) is 0 Å². The Bertz CT molecular complexity index is 672. The van der Waals surface area contributed by atoms with Gasteiger partial charge in [-0.15, -0.1) is 0 Å². The van der Waals surface area contributed by atoms with E-state index in [0.29, 0.717) is 10.7 Å². The number of hydrogen-bond donors (Lipinski definition) is 1. The summed E-state index contributed by atoms with van der Waals surface area (Å²) in [4.78, 5) is 17.1. The van der Waals surface area contributed by atoms with Gasteiger partial charge in [-0.3, -0.25) is 4.79 Å². The lowest BCUT2D eigenvalue weighted by atomic mass is 10.2. The number of alkyl halides is 3. The van der Waals surface area contributed by atoms with Gasteiger partial charge in [0.1, 0.15) is 5.82 Å². The monoisotopic (exact) mass is 343 g/mol. The van der Waals surface area contributed by atoms with Crippen LogP contribution >= 0.6 is 11.6 Å². The zero-order valence-corrected chi connectivity index (χ0v) is 12.8. The quantitative estimate of drug-likeness (QED) is 0.917. The summed E-state index contributed by atoms with van der Waals surface area (Å²) in [5, 5.41) is 3.21. The van der Waals surface area contributed by atoms with Gasteiger partial charge < -0.3 is 10.2 Å². The van der Waals surface area contributed by atoms with Crippen LogP contribution < -0.4 is 10.2 Å². The average Bonchev–Trinajstić information content (AvgIpc) is 2.49. The molecule has 1 N–H and O–H groups in total. The zero-order chi connectivity index (χ0) is 17.0. The number of halogens is 4. The van der Waals surface area contributed by atoms with E-state index in [-0.39, 0.29) is 18.3 Å². The summed E-state index contributed by atoms with van der Waals surface area (Å²) in [6, 6.07) is 8.72. The molecule has 1 amide bonds. The molecule has 0 saturated heterocycles. The summed E-state index contributed by atoms with van der Waals surface area (Å²) in [6.45, 7) is -0.0546. The molecule has 0 unspecified atom stereocenters. The van der Waals surface area contributed by atoms with Crippen molar-refractivity contribution in [3.8, 4) is 0 Å². The van der Waals surface area contributed by atoms with Crippen molar-refractivity contribution in [2.24, 2.45) is 0 Å². The number of carbonyl (C=O) groups is 1. The lowest BCUT2D eigenvalue weighted by Crippen LogP contribution is -2.30. The number of aromatic nitrogens is 1. The third-order valence-electron chi connectivity index (χ3n) is 2.98. The first-order valence-electron chi connectivity index (χ1n) is 6.55. The molecule has 1 aromatic heterocycles. The molecule has 0 spiro atoms. The number of benzene rings is 1. The number of anilines is 2. The minimum absolute atomic E-state index is 0.0546. The third kappa shape index (κ3) is 4.85. The first-order valence-corrected chi connectivity index (χ1v) is 6.93. The lowest BCUT2D eigenvalue weighted by Gasteiger charge is -2.18. The van der Waals surface area contributed by atoms with E-state index in [2.05, 4.69) is 10.3 Å². The minimum Gasteiger partial charge on any atom is -0.350 e. The first-order chi connectivity index (χ1) is 10.8. The maximum absolute atomic E-state index is 12.5. The second kappa shape index (κ2) is 6.87. The molecule has 23 heavy (non-hydrogen) atoms. The van der Waals surface area contributed by atoms with Crippen LogP contribution in [-0.4, -0.2) is 24.5 Å². The van der Waals surface area contributed by atoms with Crippen molar-refractivity contribution in [3.05, 3.63) is 53.2 Å². The molecular formula is C15H13ClF3N3O. The number of carbonyl (C=O) groups excluding carboxylic acids is 1. The van der Waals surface area contributed by atoms with Gasteiger partial charge in [0.15, 0.2) is 0 Å². The van der Waals surface area contributed by atoms with Crippen molar-refractivity contribution in [2.45, 2.75) is 6.18 Å². The molecule has 0 aliphatic carbocycles. The highest BCUT2D eigenvalue weighted by molar-refractivity contribution is 6.30. The number of rotatable bonds is 4. The molecule has 122 valence electrons. The van der Waals surface area contributed by atoms with Crippen molar-refractivity contribution < 1.29 is 18.0 Å². The van der Waals surface area contributed by atoms with Crippen LogP contribution in [0.1, 0.15) is 5.56 Å². The van der Waals surface area contributed by atoms with Crippen molar-refractivity contribution in [1.29, 1.82) is 0 Å². The van der Waals surface area contributed by atoms with E-state index in [4.69, 9.17) is 11.6 Å². The molecule has 0 radical (unpaired) electrons. The van der Waals surface area contributed by atoms with Crippen LogP contribution in [0.3, 0.4) is 0 Å². The summed E-state index contributed by atoms with van der Waals surface area (Å²) in [6.07, 6.45) is -3.70. The summed E-state index contributed by atoms with van der Waals surface area (Å²) in [5.74, 6) is -0.0548. The van der Waals surface area contributed by atoms with E-state index >= 15 is 0 Å². The Kier molecular flexibility index (Phi) is 5.10. The molecule has 0 atom stereocenters. The Morgan fingerprint density at radius 1 is 1.22 bits per heavy atom. The number of hydrogen-bond acceptors (Lipinski definition) is 3. The van der Waals surface area contributed by atoms with Crippen molar-refractivity contribution in [2.75, 3.05) is 23.8 Å². The predicted octanol–water partition coefficient (Wildman–Crippen LogP) is 3.83. The van der Waals surface area contributed by atoms with Crippen LogP contribution in [0, 0.1) is 0 Å². The molecule has 8 heteroatoms. The van der Waals surface area contributed by atoms with Gasteiger partial charge in [-0.2, -0.15) is 13.2 Å². The van der Waals surface area contributed by atoms with Crippen molar-refractivity contribution in [3.63, 3.8) is 0 Å². The highest BCUT2D eigenvalue weighted by Crippen LogP contribution is 2.29. The Labute approximate surface area is 135 Å². The van der Waals surface area contributed by atoms with E-state index in [0.717, 1.165) is 12.3 Å². The van der Waals surface area contributed by atoms with E-state index in [1.165, 1.54) is 11.0 Å². The van der Waals surface area contributed by atoms with E-state index in [1.54, 1.807) is 31.3 Å². The van der Waals surface area contributed by atoms with Gasteiger partial charge >= 0.3 is 6.18 Å². The standard InChI is InChI=1S/C15H13ClF3N3O/c1-22(13-7-2-10(8-20-13)15(17,18)19)9-14(23)21-12-5-3-11(16)4-6-12/h2-8H,9H2,1H3,(H,21,23). The summed E-state index contributed by atoms with van der Waals surface area (Å²) in [7, 11) is 1.57. The molecule has 4 nitrogen and oxygen atoms in total. The zero-order valence-electron chi connectivity index (χ0n) is 12.1. The van der Waals surface area contributed by atoms with Gasteiger partial charge in [0.2, 0.25) is 5.91 Å². The van der Waals surface area contributed by atoms with Gasteiger partial charge in [-0.05, 0) is 36.4 Å². The Morgan fingerprint density at radius 3 is 2.39 bits per heavy atom. The van der Waals surface area contributed by atoms with Crippen LogP contribution in [-0.2, 0) is 11.0 Å². The number of likely N-dealkylation sites (N-methyl/N-ethyl adjacent to an activating group) is 1. The number of nitrogens with zero attached hydrogens (tertiary/aromatic N) is 2. The van der Waals surface area contributed by atoms with Gasteiger partial charge in [-0.1, -0.05) is 11.6 Å². The number of amides is 1. The SMILES string of the molecule is CN(CC(=O)Nc1ccc(Cl)cc1)c1ccc(C(F)(F)F)cn1. The van der Waals surface area contributed by atoms with Crippen LogP contribution in [0.4, 0.5) is 24.7 Å². The lowest BCUT2D eigenvalue weighted by molar-refractivity contribution is -0.137. The molecule has 0 aliphatic heterocycles. The Hall–Kier alpha value is -2.28. The summed E-state index contributed by atoms with van der Waals surface area (Å²) >= 11 is 5.75. The fraction of sp³-hybridized carbons (Fsp3) is 0.200. The molecule has 0 saturated carbocycles. The first kappa shape index (κ1) is 17.1. The largest absolute Gasteiger partial charge is 0.417 e. The van der Waals surface area contributed by atoms with Crippen molar-refractivity contribution >= 4 is 29.0 Å². The highest BCUT2D eigenvalue weighted by Gasteiger charge is 2.30. The van der Waals surface area contributed by atoms with Gasteiger partial charge in [0.05, 0.1) is 12.1 Å². The molecule has 1 heterocycles. The molecule has 0 fully saturated rings. The maximum Gasteiger partial charge on any atom is 0.417 e. The minimum atomic E-state index is -4.43. The molecule has 2 aromatic rings. The fourth-order valence-electron chi connectivity index (χ4n) is 1.81. The second-order valence-electron chi connectivity index (χ2n) is 4.81. The van der Waals surface area contributed by atoms with Gasteiger partial charge in [-0.25, -0.2) is 4.98 Å². The normalized spacial score (nSPS) is 11.2. The van der Waals surface area contributed by atoms with Gasteiger partial charge in [0, 0.05) is 24.0 Å². The molecule has 2 rings (SSSR count). The van der Waals surface area contributed by atoms with Crippen molar-refractivity contribution in [1.82, 2.24) is 4.98 Å². The topological polar surface area (TPSA) is 45.2 Å². The van der Waals surface area contributed by atoms with E-state index in [9.17, 15) is 18.0 Å². The molecule has 0 bridgehead atoms. The summed E-state index contributed by atoms with van der Waals surface area (Å²) in [5.41, 5.74) is -0.256. The predicted molar refractivity (Wildman–Crippen MR) is 82.6 cm³/mol. The second-order valence-corrected chi connectivity index (χ2v) is 5.25. The fourth-order valence-corrected chi connectivity index (χ4v) is 1.94. The number of pyridine rings is 1. The van der Waals surface area contributed by atoms with Gasteiger partial charge in [0.25, 0.3) is 0 Å². The summed E-state index contributed by atoms with van der Waals surface area (Å²) < 4.78 is 37.4. The maximum atomic E-state index is 12.5. The van der Waals surface area contributed by atoms with Crippen LogP contribution in [0.15, 0.2) is 42.6 Å². The smallest absolute Gasteiger partial charge is 0.350 e.